The topological polar surface area (TPSA) is 66.5 Å². The van der Waals surface area contributed by atoms with Gasteiger partial charge in [0.15, 0.2) is 0 Å². The minimum absolute atomic E-state index is 0.176. The zero-order chi connectivity index (χ0) is 18.6. The van der Waals surface area contributed by atoms with Gasteiger partial charge in [0.2, 0.25) is 0 Å². The van der Waals surface area contributed by atoms with Gasteiger partial charge in [-0.05, 0) is 12.8 Å². The van der Waals surface area contributed by atoms with E-state index in [-0.39, 0.29) is 6.61 Å². The van der Waals surface area contributed by atoms with Crippen molar-refractivity contribution in [1.82, 2.24) is 0 Å². The van der Waals surface area contributed by atoms with Crippen molar-refractivity contribution in [2.45, 2.75) is 122 Å². The second-order valence-corrected chi connectivity index (χ2v) is 7.50. The average molecular weight is 356 g/mol. The van der Waals surface area contributed by atoms with Crippen LogP contribution in [0.3, 0.4) is 0 Å². The summed E-state index contributed by atoms with van der Waals surface area (Å²) in [6, 6.07) is -0.558. The van der Waals surface area contributed by atoms with Crippen LogP contribution in [0.15, 0.2) is 12.2 Å². The quantitative estimate of drug-likeness (QED) is 0.212. The summed E-state index contributed by atoms with van der Waals surface area (Å²) < 4.78 is 0. The zero-order valence-corrected chi connectivity index (χ0v) is 16.8. The molecule has 150 valence electrons. The third-order valence-electron chi connectivity index (χ3n) is 4.96. The van der Waals surface area contributed by atoms with Crippen LogP contribution >= 0.6 is 0 Å². The van der Waals surface area contributed by atoms with Crippen LogP contribution in [0.1, 0.15) is 110 Å². The fourth-order valence-corrected chi connectivity index (χ4v) is 3.12. The average Bonchev–Trinajstić information content (AvgIpc) is 2.63. The molecule has 0 bridgehead atoms. The molecule has 0 amide bonds. The molecule has 0 rings (SSSR count). The van der Waals surface area contributed by atoms with E-state index in [4.69, 9.17) is 10.8 Å². The van der Waals surface area contributed by atoms with Crippen molar-refractivity contribution in [2.24, 2.45) is 5.73 Å². The van der Waals surface area contributed by atoms with E-state index in [1.165, 1.54) is 96.3 Å². The number of nitrogens with two attached hydrogens (primary N) is 1. The largest absolute Gasteiger partial charge is 0.395 e. The molecular formula is C22H45NO2. The maximum absolute atomic E-state index is 9.57. The monoisotopic (exact) mass is 355 g/mol. The maximum atomic E-state index is 9.57. The van der Waals surface area contributed by atoms with Gasteiger partial charge < -0.3 is 15.9 Å². The number of aliphatic hydroxyl groups is 2. The van der Waals surface area contributed by atoms with E-state index < -0.39 is 12.1 Å². The summed E-state index contributed by atoms with van der Waals surface area (Å²) in [6.07, 6.45) is 24.7. The van der Waals surface area contributed by atoms with Gasteiger partial charge in [-0.2, -0.15) is 0 Å². The lowest BCUT2D eigenvalue weighted by atomic mass is 10.0. The molecule has 0 aliphatic rings. The van der Waals surface area contributed by atoms with E-state index in [2.05, 4.69) is 6.92 Å². The summed E-state index contributed by atoms with van der Waals surface area (Å²) >= 11 is 0. The molecule has 3 nitrogen and oxygen atoms in total. The highest BCUT2D eigenvalue weighted by Gasteiger charge is 2.08. The molecule has 0 saturated heterocycles. The summed E-state index contributed by atoms with van der Waals surface area (Å²) in [7, 11) is 0. The molecule has 25 heavy (non-hydrogen) atoms. The second kappa shape index (κ2) is 19.9. The first-order chi connectivity index (χ1) is 12.2. The Morgan fingerprint density at radius 1 is 0.720 bits per heavy atom. The van der Waals surface area contributed by atoms with Crippen molar-refractivity contribution in [1.29, 1.82) is 0 Å². The summed E-state index contributed by atoms with van der Waals surface area (Å²) in [5.74, 6) is 0. The molecule has 3 heteroatoms. The van der Waals surface area contributed by atoms with E-state index in [9.17, 15) is 5.11 Å². The Morgan fingerprint density at radius 3 is 1.52 bits per heavy atom. The molecule has 0 fully saturated rings. The summed E-state index contributed by atoms with van der Waals surface area (Å²) in [6.45, 7) is 2.10. The van der Waals surface area contributed by atoms with Gasteiger partial charge >= 0.3 is 0 Å². The van der Waals surface area contributed by atoms with Crippen molar-refractivity contribution in [3.8, 4) is 0 Å². The molecule has 0 saturated carbocycles. The van der Waals surface area contributed by atoms with Crippen LogP contribution in [0, 0.1) is 0 Å². The minimum atomic E-state index is -0.721. The predicted molar refractivity (Wildman–Crippen MR) is 110 cm³/mol. The van der Waals surface area contributed by atoms with E-state index in [0.717, 1.165) is 6.42 Å². The van der Waals surface area contributed by atoms with E-state index >= 15 is 0 Å². The Balaban J connectivity index is 3.15. The molecule has 0 radical (unpaired) electrons. The Labute approximate surface area is 157 Å². The molecule has 0 heterocycles. The standard InChI is InChI=1S/C22H45NO2/c1-2-3-4-5-6-7-8-9-10-11-12-13-14-15-16-17-18-19-22(25)21(23)20-24/h18-19,21-22,24-25H,2-17,20,23H2,1H3. The first-order valence-electron chi connectivity index (χ1n) is 10.9. The molecule has 0 aromatic carbocycles. The lowest BCUT2D eigenvalue weighted by molar-refractivity contribution is 0.144. The summed E-state index contributed by atoms with van der Waals surface area (Å²) in [5, 5.41) is 18.4. The van der Waals surface area contributed by atoms with E-state index in [1.807, 2.05) is 6.08 Å². The van der Waals surface area contributed by atoms with Crippen LogP contribution in [0.4, 0.5) is 0 Å². The Morgan fingerprint density at radius 2 is 1.12 bits per heavy atom. The van der Waals surface area contributed by atoms with Crippen LogP contribution < -0.4 is 5.73 Å². The van der Waals surface area contributed by atoms with Crippen LogP contribution in [-0.2, 0) is 0 Å². The van der Waals surface area contributed by atoms with Crippen LogP contribution in [0.25, 0.3) is 0 Å². The smallest absolute Gasteiger partial charge is 0.0894 e. The number of unbranched alkanes of at least 4 members (excludes halogenated alkanes) is 15. The minimum Gasteiger partial charge on any atom is -0.395 e. The number of allylic oxidation sites excluding steroid dienone is 1. The fourth-order valence-electron chi connectivity index (χ4n) is 3.12. The lowest BCUT2D eigenvalue weighted by Crippen LogP contribution is -2.36. The van der Waals surface area contributed by atoms with Crippen LogP contribution in [0.2, 0.25) is 0 Å². The number of aliphatic hydroxyl groups excluding tert-OH is 2. The number of hydrogen-bond acceptors (Lipinski definition) is 3. The molecule has 0 aliphatic carbocycles. The van der Waals surface area contributed by atoms with Gasteiger partial charge in [-0.3, -0.25) is 0 Å². The van der Waals surface area contributed by atoms with Crippen molar-refractivity contribution in [3.05, 3.63) is 12.2 Å². The Kier molecular flexibility index (Phi) is 19.6. The molecule has 0 aromatic rings. The number of rotatable bonds is 19. The van der Waals surface area contributed by atoms with Crippen molar-refractivity contribution in [2.75, 3.05) is 6.61 Å². The normalized spacial score (nSPS) is 14.2. The maximum Gasteiger partial charge on any atom is 0.0894 e. The Bertz CT molecular complexity index is 281. The van der Waals surface area contributed by atoms with Crippen LogP contribution in [-0.4, -0.2) is 29.0 Å². The highest BCUT2D eigenvalue weighted by molar-refractivity contribution is 4.93. The zero-order valence-electron chi connectivity index (χ0n) is 16.8. The van der Waals surface area contributed by atoms with Gasteiger partial charge in [-0.25, -0.2) is 0 Å². The van der Waals surface area contributed by atoms with E-state index in [1.54, 1.807) is 6.08 Å². The highest BCUT2D eigenvalue weighted by Crippen LogP contribution is 2.13. The first-order valence-corrected chi connectivity index (χ1v) is 10.9. The molecule has 0 aromatic heterocycles. The summed E-state index contributed by atoms with van der Waals surface area (Å²) in [5.41, 5.74) is 5.54. The third-order valence-corrected chi connectivity index (χ3v) is 4.96. The van der Waals surface area contributed by atoms with Gasteiger partial charge in [-0.1, -0.05) is 109 Å². The Hall–Kier alpha value is -0.380. The lowest BCUT2D eigenvalue weighted by Gasteiger charge is -2.11. The molecule has 2 unspecified atom stereocenters. The molecule has 2 atom stereocenters. The van der Waals surface area contributed by atoms with Crippen LogP contribution in [0.5, 0.6) is 0 Å². The van der Waals surface area contributed by atoms with Crippen molar-refractivity contribution >= 4 is 0 Å². The van der Waals surface area contributed by atoms with Gasteiger partial charge in [0.1, 0.15) is 0 Å². The van der Waals surface area contributed by atoms with Gasteiger partial charge in [0, 0.05) is 0 Å². The molecule has 0 aliphatic heterocycles. The first kappa shape index (κ1) is 24.6. The van der Waals surface area contributed by atoms with Gasteiger partial charge in [0.05, 0.1) is 18.8 Å². The van der Waals surface area contributed by atoms with Crippen molar-refractivity contribution < 1.29 is 10.2 Å². The fraction of sp³-hybridized carbons (Fsp3) is 0.909. The molecule has 0 spiro atoms. The molecular weight excluding hydrogens is 310 g/mol. The predicted octanol–water partition coefficient (Wildman–Crippen LogP) is 5.48. The molecule has 4 N–H and O–H groups in total. The number of hydrogen-bond donors (Lipinski definition) is 3. The van der Waals surface area contributed by atoms with E-state index in [0.29, 0.717) is 0 Å². The summed E-state index contributed by atoms with van der Waals surface area (Å²) in [4.78, 5) is 0. The van der Waals surface area contributed by atoms with Gasteiger partial charge in [-0.15, -0.1) is 0 Å². The SMILES string of the molecule is CCCCCCCCCCCCCCCCCC=CC(O)C(N)CO. The highest BCUT2D eigenvalue weighted by atomic mass is 16.3. The second-order valence-electron chi connectivity index (χ2n) is 7.50. The van der Waals surface area contributed by atoms with Gasteiger partial charge in [0.25, 0.3) is 0 Å². The van der Waals surface area contributed by atoms with Crippen molar-refractivity contribution in [3.63, 3.8) is 0 Å². The third kappa shape index (κ3) is 18.2.